The highest BCUT2D eigenvalue weighted by Crippen LogP contribution is 2.19. The van der Waals surface area contributed by atoms with E-state index in [1.807, 2.05) is 0 Å². The van der Waals surface area contributed by atoms with Crippen molar-refractivity contribution in [2.75, 3.05) is 13.2 Å². The number of hydrogen-bond acceptors (Lipinski definition) is 6. The molecule has 0 fully saturated rings. The van der Waals surface area contributed by atoms with Crippen molar-refractivity contribution in [1.82, 2.24) is 0 Å². The van der Waals surface area contributed by atoms with Gasteiger partial charge in [-0.25, -0.2) is 0 Å². The Morgan fingerprint density at radius 1 is 0.266 bits per heavy atom. The molecule has 0 aliphatic rings. The van der Waals surface area contributed by atoms with Crippen LogP contribution in [0.15, 0.2) is 48.6 Å². The van der Waals surface area contributed by atoms with Crippen LogP contribution in [-0.2, 0) is 28.6 Å². The van der Waals surface area contributed by atoms with Crippen LogP contribution >= 0.6 is 0 Å². The smallest absolute Gasteiger partial charge is 0.306 e. The first-order valence-corrected chi connectivity index (χ1v) is 35.1. The highest BCUT2D eigenvalue weighted by molar-refractivity contribution is 5.71. The molecule has 0 aliphatic heterocycles. The highest BCUT2D eigenvalue weighted by atomic mass is 16.6. The van der Waals surface area contributed by atoms with Gasteiger partial charge in [0.25, 0.3) is 0 Å². The molecule has 6 nitrogen and oxygen atoms in total. The minimum absolute atomic E-state index is 0.0741. The number of hydrogen-bond donors (Lipinski definition) is 0. The molecular weight excluding hydrogens is 973 g/mol. The summed E-state index contributed by atoms with van der Waals surface area (Å²) in [6, 6.07) is 0. The average molecular weight is 1110 g/mol. The summed E-state index contributed by atoms with van der Waals surface area (Å²) in [5, 5.41) is 0. The Labute approximate surface area is 492 Å². The first-order valence-electron chi connectivity index (χ1n) is 35.1. The summed E-state index contributed by atoms with van der Waals surface area (Å²) < 4.78 is 17.0. The number of carbonyl (C=O) groups is 3. The van der Waals surface area contributed by atoms with Gasteiger partial charge in [0, 0.05) is 19.3 Å². The lowest BCUT2D eigenvalue weighted by atomic mass is 10.0. The minimum atomic E-state index is -0.779. The lowest BCUT2D eigenvalue weighted by Gasteiger charge is -2.18. The van der Waals surface area contributed by atoms with Gasteiger partial charge in [-0.3, -0.25) is 14.4 Å². The van der Waals surface area contributed by atoms with Crippen LogP contribution < -0.4 is 0 Å². The monoisotopic (exact) mass is 1110 g/mol. The molecular formula is C73H134O6. The number of unbranched alkanes of at least 4 members (excludes halogenated alkanes) is 46. The molecule has 6 heteroatoms. The molecule has 0 aromatic carbocycles. The van der Waals surface area contributed by atoms with Crippen molar-refractivity contribution in [1.29, 1.82) is 0 Å². The molecule has 0 radical (unpaired) electrons. The van der Waals surface area contributed by atoms with Gasteiger partial charge in [-0.1, -0.05) is 352 Å². The van der Waals surface area contributed by atoms with E-state index in [4.69, 9.17) is 14.2 Å². The van der Waals surface area contributed by atoms with Gasteiger partial charge >= 0.3 is 17.9 Å². The van der Waals surface area contributed by atoms with Crippen LogP contribution in [0.4, 0.5) is 0 Å². The summed E-state index contributed by atoms with van der Waals surface area (Å²) in [6.45, 7) is 6.58. The molecule has 1 atom stereocenters. The van der Waals surface area contributed by atoms with Crippen molar-refractivity contribution in [3.63, 3.8) is 0 Å². The van der Waals surface area contributed by atoms with E-state index in [2.05, 4.69) is 69.4 Å². The normalized spacial score (nSPS) is 12.3. The Balaban J connectivity index is 4.16. The molecule has 79 heavy (non-hydrogen) atoms. The largest absolute Gasteiger partial charge is 0.462 e. The molecule has 0 bridgehead atoms. The van der Waals surface area contributed by atoms with Gasteiger partial charge in [-0.05, 0) is 57.8 Å². The summed E-state index contributed by atoms with van der Waals surface area (Å²) in [5.41, 5.74) is 0. The fourth-order valence-electron chi connectivity index (χ4n) is 10.6. The molecule has 0 heterocycles. The predicted octanol–water partition coefficient (Wildman–Crippen LogP) is 24.1. The molecule has 0 N–H and O–H groups in total. The second-order valence-electron chi connectivity index (χ2n) is 23.8. The third-order valence-electron chi connectivity index (χ3n) is 15.8. The molecule has 0 amide bonds. The van der Waals surface area contributed by atoms with Crippen LogP contribution in [0, 0.1) is 0 Å². The fourth-order valence-corrected chi connectivity index (χ4v) is 10.6. The number of carbonyl (C=O) groups excluding carboxylic acids is 3. The maximum atomic E-state index is 12.9. The zero-order chi connectivity index (χ0) is 57.1. The summed E-state index contributed by atoms with van der Waals surface area (Å²) >= 11 is 0. The highest BCUT2D eigenvalue weighted by Gasteiger charge is 2.19. The van der Waals surface area contributed by atoms with E-state index in [1.54, 1.807) is 0 Å². The van der Waals surface area contributed by atoms with Crippen molar-refractivity contribution in [2.24, 2.45) is 0 Å². The Hall–Kier alpha value is -2.63. The standard InChI is InChI=1S/C73H134O6/c1-4-7-10-13-16-19-22-25-27-29-31-32-33-34-35-36-37-38-39-40-41-43-44-46-48-51-54-57-60-63-66-72(75)78-69-70(68-77-71(74)65-62-59-56-53-50-24-21-18-15-12-9-6-3)79-73(76)67-64-61-58-55-52-49-47-45-42-30-28-26-23-20-17-14-11-8-5-2/h8,11,17,20,26,28,42,45,70H,4-7,9-10,12-16,18-19,21-25,27,29-41,43-44,46-69H2,1-3H3/b11-8-,20-17-,28-26-,45-42-. The second-order valence-corrected chi connectivity index (χ2v) is 23.8. The van der Waals surface area contributed by atoms with Crippen LogP contribution in [0.5, 0.6) is 0 Å². The van der Waals surface area contributed by atoms with E-state index in [9.17, 15) is 14.4 Å². The third kappa shape index (κ3) is 66.1. The molecule has 462 valence electrons. The van der Waals surface area contributed by atoms with Gasteiger partial charge in [-0.2, -0.15) is 0 Å². The first kappa shape index (κ1) is 76.4. The van der Waals surface area contributed by atoms with Crippen molar-refractivity contribution in [3.8, 4) is 0 Å². The Morgan fingerprint density at radius 3 is 0.772 bits per heavy atom. The maximum Gasteiger partial charge on any atom is 0.306 e. The number of esters is 3. The van der Waals surface area contributed by atoms with Crippen LogP contribution in [0.1, 0.15) is 380 Å². The molecule has 0 aliphatic carbocycles. The van der Waals surface area contributed by atoms with Gasteiger partial charge in [0.05, 0.1) is 0 Å². The van der Waals surface area contributed by atoms with Crippen molar-refractivity contribution >= 4 is 17.9 Å². The topological polar surface area (TPSA) is 78.9 Å². The molecule has 0 aromatic heterocycles. The van der Waals surface area contributed by atoms with Crippen LogP contribution in [0.25, 0.3) is 0 Å². The summed E-state index contributed by atoms with van der Waals surface area (Å²) in [6.07, 6.45) is 85.8. The molecule has 1 unspecified atom stereocenters. The van der Waals surface area contributed by atoms with Crippen LogP contribution in [0.3, 0.4) is 0 Å². The lowest BCUT2D eigenvalue weighted by Crippen LogP contribution is -2.30. The second kappa shape index (κ2) is 67.9. The van der Waals surface area contributed by atoms with Gasteiger partial charge in [-0.15, -0.1) is 0 Å². The van der Waals surface area contributed by atoms with E-state index in [-0.39, 0.29) is 31.1 Å². The summed E-state index contributed by atoms with van der Waals surface area (Å²) in [7, 11) is 0. The molecule has 0 aromatic rings. The Morgan fingerprint density at radius 2 is 0.494 bits per heavy atom. The van der Waals surface area contributed by atoms with E-state index in [0.717, 1.165) is 96.3 Å². The van der Waals surface area contributed by atoms with Crippen LogP contribution in [0.2, 0.25) is 0 Å². The summed E-state index contributed by atoms with van der Waals surface area (Å²) in [4.78, 5) is 38.3. The first-order chi connectivity index (χ1) is 39.0. The Bertz CT molecular complexity index is 1360. The van der Waals surface area contributed by atoms with Gasteiger partial charge < -0.3 is 14.2 Å². The number of ether oxygens (including phenoxy) is 3. The number of allylic oxidation sites excluding steroid dienone is 8. The number of rotatable bonds is 65. The maximum absolute atomic E-state index is 12.9. The summed E-state index contributed by atoms with van der Waals surface area (Å²) in [5.74, 6) is -0.864. The molecule has 0 spiro atoms. The molecule has 0 saturated carbocycles. The van der Waals surface area contributed by atoms with Gasteiger partial charge in [0.15, 0.2) is 6.10 Å². The minimum Gasteiger partial charge on any atom is -0.462 e. The molecule has 0 saturated heterocycles. The third-order valence-corrected chi connectivity index (χ3v) is 15.8. The van der Waals surface area contributed by atoms with Crippen molar-refractivity contribution in [3.05, 3.63) is 48.6 Å². The van der Waals surface area contributed by atoms with Gasteiger partial charge in [0.2, 0.25) is 0 Å². The predicted molar refractivity (Wildman–Crippen MR) is 344 cm³/mol. The van der Waals surface area contributed by atoms with E-state index in [0.29, 0.717) is 19.3 Å². The van der Waals surface area contributed by atoms with Crippen LogP contribution in [-0.4, -0.2) is 37.2 Å². The van der Waals surface area contributed by atoms with E-state index >= 15 is 0 Å². The zero-order valence-electron chi connectivity index (χ0n) is 53.2. The van der Waals surface area contributed by atoms with Crippen molar-refractivity contribution in [2.45, 2.75) is 386 Å². The van der Waals surface area contributed by atoms with E-state index in [1.165, 1.54) is 244 Å². The average Bonchev–Trinajstić information content (AvgIpc) is 3.45. The van der Waals surface area contributed by atoms with Gasteiger partial charge in [0.1, 0.15) is 13.2 Å². The quantitative estimate of drug-likeness (QED) is 0.0261. The Kier molecular flexibility index (Phi) is 65.6. The van der Waals surface area contributed by atoms with Crippen molar-refractivity contribution < 1.29 is 28.6 Å². The van der Waals surface area contributed by atoms with E-state index < -0.39 is 6.10 Å². The fraction of sp³-hybridized carbons (Fsp3) is 0.849. The molecule has 0 rings (SSSR count). The zero-order valence-corrected chi connectivity index (χ0v) is 53.2. The lowest BCUT2D eigenvalue weighted by molar-refractivity contribution is -0.167. The SMILES string of the molecule is CC/C=C\C/C=C\C/C=C\C/C=C\CCCCCCCCC(=O)OC(COC(=O)CCCCCCCCCCCCCC)COC(=O)CCCCCCCCCCCCCCCCCCCCCCCCCCCCCCCC.